The largest absolute Gasteiger partial charge is 0.497 e. The van der Waals surface area contributed by atoms with Crippen molar-refractivity contribution < 1.29 is 18.9 Å². The molecule has 16 nitrogen and oxygen atoms in total. The van der Waals surface area contributed by atoms with Gasteiger partial charge < -0.3 is 33.6 Å². The first-order chi connectivity index (χ1) is 38.7. The van der Waals surface area contributed by atoms with Crippen molar-refractivity contribution in [1.29, 1.82) is 0 Å². The second-order valence-electron chi connectivity index (χ2n) is 23.3. The van der Waals surface area contributed by atoms with E-state index >= 15 is 0 Å². The molecular weight excluding hydrogens is 1050 g/mol. The van der Waals surface area contributed by atoms with Crippen molar-refractivity contribution in [2.24, 2.45) is 0 Å². The number of benzene rings is 6. The Labute approximate surface area is 490 Å². The molecule has 432 valence electrons. The third kappa shape index (κ3) is 13.7. The fraction of sp³-hybridized carbons (Fsp3) is 0.354. The van der Waals surface area contributed by atoms with Gasteiger partial charge in [0.1, 0.15) is 40.1 Å². The minimum absolute atomic E-state index is 0.124. The summed E-state index contributed by atoms with van der Waals surface area (Å²) in [5.74, 6) is 5.29. The van der Waals surface area contributed by atoms with Crippen molar-refractivity contribution in [2.75, 3.05) is 64.3 Å². The van der Waals surface area contributed by atoms with Gasteiger partial charge in [0.15, 0.2) is 17.5 Å². The number of aromatic nitrogens is 9. The molecule has 0 fully saturated rings. The van der Waals surface area contributed by atoms with Crippen LogP contribution < -0.4 is 33.6 Å². The van der Waals surface area contributed by atoms with E-state index in [1.54, 1.807) is 43.9 Å². The maximum atomic E-state index is 6.17. The van der Waals surface area contributed by atoms with Gasteiger partial charge in [-0.15, -0.1) is 15.3 Å². The molecule has 0 aliphatic rings. The van der Waals surface area contributed by atoms with Crippen LogP contribution in [0.4, 0.5) is 34.5 Å². The van der Waals surface area contributed by atoms with Crippen molar-refractivity contribution in [3.05, 3.63) is 172 Å². The average Bonchev–Trinajstić information content (AvgIpc) is 4.23. The summed E-state index contributed by atoms with van der Waals surface area (Å²) in [5, 5.41) is 26.9. The van der Waals surface area contributed by atoms with Gasteiger partial charge in [0.25, 0.3) is 0 Å². The van der Waals surface area contributed by atoms with Crippen molar-refractivity contribution >= 4 is 46.1 Å². The highest BCUT2D eigenvalue weighted by Gasteiger charge is 2.23. The topological polar surface area (TPSA) is 139 Å². The van der Waals surface area contributed by atoms with E-state index in [2.05, 4.69) is 184 Å². The minimum atomic E-state index is 0.124. The summed E-state index contributed by atoms with van der Waals surface area (Å²) in [4.78, 5) is 6.13. The first-order valence-corrected chi connectivity index (χ1v) is 27.6. The SMILES string of the molecule is COc1ccc(C)cc1-n1nnc(N(C)c2ccc(C(C)(C)C)cc2)c1C.COc1ccc(Cl)cc1-n1nnc(N(C)c2ccc(C(C)(C)C)cc2)c1C.COc1ccc(OC)c(-n2nnc(N(C)c3ccc(C(C)(C)C)cc3)c2C)c1. The zero-order valence-electron chi connectivity index (χ0n) is 51.5. The van der Waals surface area contributed by atoms with E-state index in [1.165, 1.54) is 16.7 Å². The van der Waals surface area contributed by atoms with Gasteiger partial charge in [0.2, 0.25) is 0 Å². The molecule has 0 saturated heterocycles. The van der Waals surface area contributed by atoms with E-state index in [1.807, 2.05) is 98.9 Å². The Kier molecular flexibility index (Phi) is 18.8. The van der Waals surface area contributed by atoms with Gasteiger partial charge in [-0.25, -0.2) is 14.0 Å². The maximum Gasteiger partial charge on any atom is 0.178 e. The normalized spacial score (nSPS) is 11.5. The van der Waals surface area contributed by atoms with Crippen LogP contribution in [0.5, 0.6) is 23.0 Å². The number of rotatable bonds is 13. The van der Waals surface area contributed by atoms with E-state index in [-0.39, 0.29) is 16.2 Å². The van der Waals surface area contributed by atoms with Crippen molar-refractivity contribution in [3.8, 4) is 40.1 Å². The Morgan fingerprint density at radius 2 is 0.683 bits per heavy atom. The van der Waals surface area contributed by atoms with Crippen molar-refractivity contribution in [1.82, 2.24) is 45.0 Å². The van der Waals surface area contributed by atoms with E-state index in [9.17, 15) is 0 Å². The molecule has 0 N–H and O–H groups in total. The quantitative estimate of drug-likeness (QED) is 0.108. The highest BCUT2D eigenvalue weighted by Crippen LogP contribution is 2.36. The summed E-state index contributed by atoms with van der Waals surface area (Å²) in [7, 11) is 12.6. The van der Waals surface area contributed by atoms with Crippen LogP contribution >= 0.6 is 11.6 Å². The van der Waals surface area contributed by atoms with E-state index in [0.29, 0.717) is 16.5 Å². The lowest BCUT2D eigenvalue weighted by atomic mass is 9.87. The molecule has 0 amide bonds. The van der Waals surface area contributed by atoms with Crippen molar-refractivity contribution in [3.63, 3.8) is 0 Å². The van der Waals surface area contributed by atoms with E-state index in [4.69, 9.17) is 30.5 Å². The molecule has 17 heteroatoms. The number of methoxy groups -OCH3 is 4. The maximum absolute atomic E-state index is 6.17. The van der Waals surface area contributed by atoms with Crippen LogP contribution in [0.2, 0.25) is 5.02 Å². The van der Waals surface area contributed by atoms with Gasteiger partial charge in [0, 0.05) is 49.3 Å². The van der Waals surface area contributed by atoms with Crippen LogP contribution in [0.15, 0.2) is 127 Å². The predicted molar refractivity (Wildman–Crippen MR) is 334 cm³/mol. The number of hydrogen-bond donors (Lipinski definition) is 0. The van der Waals surface area contributed by atoms with Gasteiger partial charge in [0.05, 0.1) is 45.5 Å². The molecule has 0 saturated carbocycles. The highest BCUT2D eigenvalue weighted by atomic mass is 35.5. The van der Waals surface area contributed by atoms with Crippen LogP contribution in [0.1, 0.15) is 102 Å². The monoisotopic (exact) mass is 1130 g/mol. The lowest BCUT2D eigenvalue weighted by molar-refractivity contribution is 0.400. The lowest BCUT2D eigenvalue weighted by Crippen LogP contribution is -2.14. The van der Waals surface area contributed by atoms with Crippen LogP contribution in [0.25, 0.3) is 17.1 Å². The highest BCUT2D eigenvalue weighted by molar-refractivity contribution is 6.30. The Bertz CT molecular complexity index is 3430. The summed E-state index contributed by atoms with van der Waals surface area (Å²) in [5.41, 5.74) is 13.8. The van der Waals surface area contributed by atoms with Gasteiger partial charge in [-0.2, -0.15) is 0 Å². The standard InChI is InChI=1S/C22H28N4O2.C22H28N4O.C21H25ClN4O/c1-15-21(25(5)17-10-8-16(9-11-17)22(2,3)4)23-24-26(15)19-14-18(27-6)12-13-20(19)28-7;1-15-8-13-20(27-7)19(14-15)26-16(2)21(23-24-26)25(6)18-11-9-17(10-12-18)22(3,4)5;1-14-20(25(5)17-10-7-15(8-11-17)21(2,3)4)23-24-26(14)18-13-16(22)9-12-19(18)27-6/h8-14H,1-7H3;8-14H,1-7H3;7-13H,1-6H3. The smallest absolute Gasteiger partial charge is 0.178 e. The number of anilines is 6. The molecule has 0 unspecified atom stereocenters. The zero-order valence-corrected chi connectivity index (χ0v) is 52.3. The van der Waals surface area contributed by atoms with E-state index in [0.717, 1.165) is 85.7 Å². The first kappa shape index (κ1) is 61.3. The molecule has 0 bridgehead atoms. The molecular formula is C65H81ClN12O4. The number of hydrogen-bond acceptors (Lipinski definition) is 13. The third-order valence-corrected chi connectivity index (χ3v) is 14.7. The summed E-state index contributed by atoms with van der Waals surface area (Å²) >= 11 is 6.17. The molecule has 6 aromatic carbocycles. The van der Waals surface area contributed by atoms with Crippen molar-refractivity contribution in [2.45, 2.75) is 106 Å². The minimum Gasteiger partial charge on any atom is -0.497 e. The molecule has 0 aliphatic carbocycles. The number of nitrogens with zero attached hydrogens (tertiary/aromatic N) is 12. The van der Waals surface area contributed by atoms with Crippen LogP contribution in [0.3, 0.4) is 0 Å². The molecule has 82 heavy (non-hydrogen) atoms. The van der Waals surface area contributed by atoms with E-state index < -0.39 is 0 Å². The molecule has 9 aromatic rings. The Morgan fingerprint density at radius 3 is 1.00 bits per heavy atom. The Morgan fingerprint density at radius 1 is 0.378 bits per heavy atom. The lowest BCUT2D eigenvalue weighted by Gasteiger charge is -2.22. The first-order valence-electron chi connectivity index (χ1n) is 27.2. The summed E-state index contributed by atoms with van der Waals surface area (Å²) in [6.07, 6.45) is 0. The summed E-state index contributed by atoms with van der Waals surface area (Å²) in [6.45, 7) is 28.0. The molecule has 3 aromatic heterocycles. The molecule has 0 radical (unpaired) electrons. The molecule has 9 rings (SSSR count). The predicted octanol–water partition coefficient (Wildman–Crippen LogP) is 14.9. The second kappa shape index (κ2) is 25.2. The molecule has 0 spiro atoms. The molecule has 0 aliphatic heterocycles. The number of aryl methyl sites for hydroxylation is 1. The van der Waals surface area contributed by atoms with Crippen LogP contribution in [-0.4, -0.2) is 94.6 Å². The fourth-order valence-corrected chi connectivity index (χ4v) is 9.42. The van der Waals surface area contributed by atoms with Crippen LogP contribution in [0, 0.1) is 27.7 Å². The number of halogens is 1. The Balaban J connectivity index is 0.000000177. The van der Waals surface area contributed by atoms with Gasteiger partial charge in [-0.05, 0) is 145 Å². The summed E-state index contributed by atoms with van der Waals surface area (Å²) < 4.78 is 27.2. The van der Waals surface area contributed by atoms with Gasteiger partial charge in [-0.3, -0.25) is 0 Å². The molecule has 0 atom stereocenters. The number of ether oxygens (including phenoxy) is 4. The fourth-order valence-electron chi connectivity index (χ4n) is 9.26. The van der Waals surface area contributed by atoms with Crippen LogP contribution in [-0.2, 0) is 16.2 Å². The van der Waals surface area contributed by atoms with Gasteiger partial charge in [-0.1, -0.05) is 132 Å². The third-order valence-electron chi connectivity index (χ3n) is 14.5. The average molecular weight is 1130 g/mol. The second-order valence-corrected chi connectivity index (χ2v) is 23.8. The molecule has 3 heterocycles. The zero-order chi connectivity index (χ0) is 60.0. The van der Waals surface area contributed by atoms with Gasteiger partial charge >= 0.3 is 0 Å². The summed E-state index contributed by atoms with van der Waals surface area (Å²) in [6, 6.07) is 42.8. The Hall–Kier alpha value is -8.37.